The maximum Gasteiger partial charge on any atom is 0.246 e. The van der Waals surface area contributed by atoms with Crippen LogP contribution in [0.5, 0.6) is 0 Å². The van der Waals surface area contributed by atoms with Crippen LogP contribution in [-0.4, -0.2) is 33.3 Å². The van der Waals surface area contributed by atoms with E-state index in [0.717, 1.165) is 16.8 Å². The fourth-order valence-electron chi connectivity index (χ4n) is 2.62. The largest absolute Gasteiger partial charge is 0.404 e. The molecule has 1 unspecified atom stereocenters. The number of nitrogens with one attached hydrogen (secondary N) is 3. The summed E-state index contributed by atoms with van der Waals surface area (Å²) in [5.41, 5.74) is 9.55. The highest BCUT2D eigenvalue weighted by Gasteiger charge is 2.19. The fraction of sp³-hybridized carbons (Fsp3) is 0.200. The lowest BCUT2D eigenvalue weighted by molar-refractivity contribution is -0.118. The van der Waals surface area contributed by atoms with Crippen LogP contribution >= 0.6 is 0 Å². The first-order valence-electron chi connectivity index (χ1n) is 8.28. The van der Waals surface area contributed by atoms with E-state index in [9.17, 15) is 4.79 Å². The fourth-order valence-corrected chi connectivity index (χ4v) is 2.62. The Morgan fingerprint density at radius 2 is 1.88 bits per heavy atom. The van der Waals surface area contributed by atoms with Gasteiger partial charge in [0.05, 0.1) is 0 Å². The molecule has 26 heavy (non-hydrogen) atoms. The molecular formula is C20H25N5O. The van der Waals surface area contributed by atoms with Crippen molar-refractivity contribution in [1.29, 1.82) is 5.41 Å². The number of allylic oxidation sites excluding steroid dienone is 1. The second-order valence-electron chi connectivity index (χ2n) is 6.04. The maximum absolute atomic E-state index is 12.7. The molecule has 136 valence electrons. The predicted molar refractivity (Wildman–Crippen MR) is 109 cm³/mol. The van der Waals surface area contributed by atoms with Crippen molar-refractivity contribution >= 4 is 29.1 Å². The SMILES string of the molecule is CNC(C(=O)Nc1ccc(/C(C=N)=C/N)cc1)c1cccc(N(C)C)c1. The van der Waals surface area contributed by atoms with E-state index in [-0.39, 0.29) is 5.91 Å². The molecule has 5 N–H and O–H groups in total. The minimum absolute atomic E-state index is 0.141. The first-order valence-corrected chi connectivity index (χ1v) is 8.28. The maximum atomic E-state index is 12.7. The Morgan fingerprint density at radius 1 is 1.19 bits per heavy atom. The Morgan fingerprint density at radius 3 is 2.42 bits per heavy atom. The van der Waals surface area contributed by atoms with Gasteiger partial charge in [-0.25, -0.2) is 0 Å². The molecule has 0 aliphatic heterocycles. The minimum atomic E-state index is -0.462. The molecule has 0 aliphatic rings. The van der Waals surface area contributed by atoms with E-state index >= 15 is 0 Å². The number of hydrogen-bond acceptors (Lipinski definition) is 5. The highest BCUT2D eigenvalue weighted by Crippen LogP contribution is 2.21. The van der Waals surface area contributed by atoms with Crippen LogP contribution in [0.25, 0.3) is 5.57 Å². The summed E-state index contributed by atoms with van der Waals surface area (Å²) in [5.74, 6) is -0.141. The highest BCUT2D eigenvalue weighted by molar-refractivity contribution is 6.08. The number of carbonyl (C=O) groups is 1. The Labute approximate surface area is 154 Å². The van der Waals surface area contributed by atoms with Crippen molar-refractivity contribution in [3.8, 4) is 0 Å². The van der Waals surface area contributed by atoms with Gasteiger partial charge in [-0.05, 0) is 42.4 Å². The summed E-state index contributed by atoms with van der Waals surface area (Å²) in [5, 5.41) is 13.3. The Balaban J connectivity index is 2.17. The number of carbonyl (C=O) groups excluding carboxylic acids is 1. The summed E-state index contributed by atoms with van der Waals surface area (Å²) < 4.78 is 0. The van der Waals surface area contributed by atoms with Crippen LogP contribution in [0.1, 0.15) is 17.2 Å². The molecule has 0 aromatic heterocycles. The van der Waals surface area contributed by atoms with Crippen LogP contribution in [-0.2, 0) is 4.79 Å². The van der Waals surface area contributed by atoms with Crippen LogP contribution in [0, 0.1) is 5.41 Å². The first kappa shape index (κ1) is 19.2. The van der Waals surface area contributed by atoms with Gasteiger partial charge in [0, 0.05) is 43.5 Å². The standard InChI is InChI=1S/C20H25N5O/c1-23-19(15-5-4-6-18(11-15)25(2)3)20(26)24-17-9-7-14(8-10-17)16(12-21)13-22/h4-13,19,21,23H,22H2,1-3H3,(H,24,26)/b16-13+,21-12?. The van der Waals surface area contributed by atoms with Crippen molar-refractivity contribution in [1.82, 2.24) is 5.32 Å². The highest BCUT2D eigenvalue weighted by atomic mass is 16.2. The minimum Gasteiger partial charge on any atom is -0.404 e. The Kier molecular flexibility index (Phi) is 6.52. The van der Waals surface area contributed by atoms with Gasteiger partial charge in [0.15, 0.2) is 0 Å². The van der Waals surface area contributed by atoms with Crippen molar-refractivity contribution in [2.24, 2.45) is 5.73 Å². The molecule has 2 rings (SSSR count). The molecule has 2 aromatic carbocycles. The van der Waals surface area contributed by atoms with Gasteiger partial charge in [0.2, 0.25) is 5.91 Å². The van der Waals surface area contributed by atoms with Crippen LogP contribution < -0.4 is 21.3 Å². The zero-order valence-corrected chi connectivity index (χ0v) is 15.3. The molecular weight excluding hydrogens is 326 g/mol. The first-order chi connectivity index (χ1) is 12.5. The lowest BCUT2D eigenvalue weighted by Gasteiger charge is -2.19. The van der Waals surface area contributed by atoms with E-state index in [2.05, 4.69) is 10.6 Å². The van der Waals surface area contributed by atoms with E-state index in [0.29, 0.717) is 11.3 Å². The zero-order chi connectivity index (χ0) is 19.1. The van der Waals surface area contributed by atoms with Gasteiger partial charge in [-0.3, -0.25) is 4.79 Å². The van der Waals surface area contributed by atoms with Crippen molar-refractivity contribution in [3.63, 3.8) is 0 Å². The van der Waals surface area contributed by atoms with Gasteiger partial charge in [-0.15, -0.1) is 0 Å². The number of rotatable bonds is 7. The summed E-state index contributed by atoms with van der Waals surface area (Å²) >= 11 is 0. The number of nitrogens with zero attached hydrogens (tertiary/aromatic N) is 1. The zero-order valence-electron chi connectivity index (χ0n) is 15.3. The average Bonchev–Trinajstić information content (AvgIpc) is 2.65. The lowest BCUT2D eigenvalue weighted by Crippen LogP contribution is -2.30. The van der Waals surface area contributed by atoms with Crippen molar-refractivity contribution in [2.45, 2.75) is 6.04 Å². The second kappa shape index (κ2) is 8.82. The van der Waals surface area contributed by atoms with Gasteiger partial charge >= 0.3 is 0 Å². The molecule has 0 saturated heterocycles. The van der Waals surface area contributed by atoms with Gasteiger partial charge in [-0.2, -0.15) is 0 Å². The van der Waals surface area contributed by atoms with E-state index in [1.807, 2.05) is 55.4 Å². The number of nitrogens with two attached hydrogens (primary N) is 1. The summed E-state index contributed by atoms with van der Waals surface area (Å²) in [7, 11) is 5.69. The van der Waals surface area contributed by atoms with Crippen LogP contribution in [0.2, 0.25) is 0 Å². The molecule has 0 heterocycles. The number of anilines is 2. The molecule has 0 saturated carbocycles. The summed E-state index contributed by atoms with van der Waals surface area (Å²) in [6.45, 7) is 0. The molecule has 1 amide bonds. The number of hydrogen-bond donors (Lipinski definition) is 4. The van der Waals surface area contributed by atoms with Gasteiger partial charge < -0.3 is 26.7 Å². The normalized spacial score (nSPS) is 12.3. The van der Waals surface area contributed by atoms with Crippen molar-refractivity contribution < 1.29 is 4.79 Å². The van der Waals surface area contributed by atoms with Crippen LogP contribution in [0.4, 0.5) is 11.4 Å². The molecule has 0 radical (unpaired) electrons. The molecule has 6 heteroatoms. The number of amides is 1. The van der Waals surface area contributed by atoms with Crippen LogP contribution in [0.3, 0.4) is 0 Å². The smallest absolute Gasteiger partial charge is 0.246 e. The van der Waals surface area contributed by atoms with E-state index < -0.39 is 6.04 Å². The molecule has 0 bridgehead atoms. The third kappa shape index (κ3) is 4.49. The molecule has 0 fully saturated rings. The molecule has 0 aliphatic carbocycles. The van der Waals surface area contributed by atoms with Gasteiger partial charge in [0.25, 0.3) is 0 Å². The molecule has 0 spiro atoms. The van der Waals surface area contributed by atoms with Crippen molar-refractivity contribution in [2.75, 3.05) is 31.4 Å². The number of likely N-dealkylation sites (N-methyl/N-ethyl adjacent to an activating group) is 1. The average molecular weight is 351 g/mol. The Hall–Kier alpha value is -3.12. The van der Waals surface area contributed by atoms with E-state index in [4.69, 9.17) is 11.1 Å². The van der Waals surface area contributed by atoms with Gasteiger partial charge in [-0.1, -0.05) is 24.3 Å². The third-order valence-electron chi connectivity index (χ3n) is 4.09. The molecule has 2 aromatic rings. The quantitative estimate of drug-likeness (QED) is 0.577. The molecule has 6 nitrogen and oxygen atoms in total. The lowest BCUT2D eigenvalue weighted by atomic mass is 10.0. The monoisotopic (exact) mass is 351 g/mol. The van der Waals surface area contributed by atoms with Crippen LogP contribution in [0.15, 0.2) is 54.7 Å². The van der Waals surface area contributed by atoms with Gasteiger partial charge in [0.1, 0.15) is 6.04 Å². The second-order valence-corrected chi connectivity index (χ2v) is 6.04. The number of benzene rings is 2. The Bertz CT molecular complexity index is 796. The topological polar surface area (TPSA) is 94.2 Å². The van der Waals surface area contributed by atoms with Crippen molar-refractivity contribution in [3.05, 3.63) is 65.9 Å². The summed E-state index contributed by atoms with van der Waals surface area (Å²) in [6, 6.07) is 14.6. The third-order valence-corrected chi connectivity index (χ3v) is 4.09. The van der Waals surface area contributed by atoms with E-state index in [1.165, 1.54) is 12.4 Å². The summed E-state index contributed by atoms with van der Waals surface area (Å²) in [4.78, 5) is 14.7. The molecule has 1 atom stereocenters. The summed E-state index contributed by atoms with van der Waals surface area (Å²) in [6.07, 6.45) is 2.58. The van der Waals surface area contributed by atoms with E-state index in [1.54, 1.807) is 19.2 Å². The predicted octanol–water partition coefficient (Wildman–Crippen LogP) is 2.60.